The monoisotopic (exact) mass is 289 g/mol. The van der Waals surface area contributed by atoms with Gasteiger partial charge in [-0.3, -0.25) is 0 Å². The zero-order chi connectivity index (χ0) is 14.7. The molecule has 0 bridgehead atoms. The van der Waals surface area contributed by atoms with Crippen LogP contribution in [-0.4, -0.2) is 14.1 Å². The highest BCUT2D eigenvalue weighted by Gasteiger charge is 2.20. The van der Waals surface area contributed by atoms with Gasteiger partial charge >= 0.3 is 0 Å². The Morgan fingerprint density at radius 3 is 2.35 bits per heavy atom. The molecule has 0 saturated heterocycles. The third-order valence-corrected chi connectivity index (χ3v) is 5.27. The largest absolute Gasteiger partial charge is 0.378 e. The first-order valence-corrected chi connectivity index (χ1v) is 8.12. The van der Waals surface area contributed by atoms with E-state index in [1.54, 1.807) is 0 Å². The highest BCUT2D eigenvalue weighted by molar-refractivity contribution is 7.14. The first-order valence-electron chi connectivity index (χ1n) is 7.30. The number of nitrogens with zero attached hydrogens (tertiary/aromatic N) is 2. The third-order valence-electron chi connectivity index (χ3n) is 3.82. The summed E-state index contributed by atoms with van der Waals surface area (Å²) in [5.41, 5.74) is 3.97. The number of rotatable bonds is 5. The molecule has 0 unspecified atom stereocenters. The molecule has 0 atom stereocenters. The molecule has 2 aromatic rings. The lowest BCUT2D eigenvalue weighted by Gasteiger charge is -2.11. The van der Waals surface area contributed by atoms with Gasteiger partial charge in [-0.1, -0.05) is 24.7 Å². The van der Waals surface area contributed by atoms with Crippen molar-refractivity contribution in [2.24, 2.45) is 7.05 Å². The van der Waals surface area contributed by atoms with Gasteiger partial charge in [0.2, 0.25) is 0 Å². The van der Waals surface area contributed by atoms with Crippen LogP contribution in [0.4, 0.5) is 5.69 Å². The van der Waals surface area contributed by atoms with E-state index in [1.165, 1.54) is 46.1 Å². The number of unbranched alkanes of at least 4 members (excludes halogenated alkanes) is 1. The van der Waals surface area contributed by atoms with E-state index in [0.717, 1.165) is 0 Å². The van der Waals surface area contributed by atoms with Crippen molar-refractivity contribution in [1.29, 1.82) is 0 Å². The molecule has 0 saturated carbocycles. The van der Waals surface area contributed by atoms with Gasteiger partial charge < -0.3 is 4.90 Å². The maximum Gasteiger partial charge on any atom is 0.269 e. The summed E-state index contributed by atoms with van der Waals surface area (Å²) in [6.07, 6.45) is 3.74. The van der Waals surface area contributed by atoms with E-state index >= 15 is 0 Å². The Hall–Kier alpha value is -1.35. The maximum absolute atomic E-state index is 2.33. The van der Waals surface area contributed by atoms with Crippen molar-refractivity contribution in [2.45, 2.75) is 33.1 Å². The van der Waals surface area contributed by atoms with Crippen LogP contribution < -0.4 is 9.47 Å². The molecule has 1 aromatic heterocycles. The highest BCUT2D eigenvalue weighted by Crippen LogP contribution is 2.28. The number of hydrogen-bond donors (Lipinski definition) is 0. The Kier molecular flexibility index (Phi) is 4.81. The Morgan fingerprint density at radius 2 is 1.80 bits per heavy atom. The summed E-state index contributed by atoms with van der Waals surface area (Å²) in [4.78, 5) is 3.66. The molecule has 0 radical (unpaired) electrons. The van der Waals surface area contributed by atoms with Gasteiger partial charge in [0.25, 0.3) is 5.01 Å². The van der Waals surface area contributed by atoms with Crippen molar-refractivity contribution in [2.75, 3.05) is 19.0 Å². The first-order chi connectivity index (χ1) is 9.54. The summed E-state index contributed by atoms with van der Waals surface area (Å²) >= 11 is 1.94. The number of thiazole rings is 1. The minimum atomic E-state index is 1.20. The van der Waals surface area contributed by atoms with Crippen LogP contribution in [0.3, 0.4) is 0 Å². The Bertz CT molecular complexity index is 567. The van der Waals surface area contributed by atoms with Crippen molar-refractivity contribution >= 4 is 17.0 Å². The molecular formula is C17H25N2S+. The molecule has 0 aliphatic carbocycles. The van der Waals surface area contributed by atoms with E-state index in [4.69, 9.17) is 0 Å². The van der Waals surface area contributed by atoms with Crippen LogP contribution >= 0.6 is 11.3 Å². The molecule has 1 heterocycles. The fourth-order valence-electron chi connectivity index (χ4n) is 2.32. The molecule has 0 aliphatic heterocycles. The molecule has 2 rings (SSSR count). The predicted octanol–water partition coefficient (Wildman–Crippen LogP) is 3.96. The standard InChI is InChI=1S/C17H25N2S/c1-6-7-8-16-13(2)19(5)17(20-16)14-9-11-15(12-10-14)18(3)4/h9-12H,6-8H2,1-5H3/q+1. The van der Waals surface area contributed by atoms with Crippen LogP contribution in [0.5, 0.6) is 0 Å². The van der Waals surface area contributed by atoms with Crippen molar-refractivity contribution in [1.82, 2.24) is 0 Å². The van der Waals surface area contributed by atoms with Gasteiger partial charge in [0.1, 0.15) is 7.05 Å². The molecule has 20 heavy (non-hydrogen) atoms. The van der Waals surface area contributed by atoms with Crippen molar-refractivity contribution in [3.05, 3.63) is 34.8 Å². The van der Waals surface area contributed by atoms with Gasteiger partial charge in [0, 0.05) is 26.7 Å². The number of hydrogen-bond acceptors (Lipinski definition) is 2. The van der Waals surface area contributed by atoms with E-state index in [-0.39, 0.29) is 0 Å². The van der Waals surface area contributed by atoms with E-state index in [1.807, 2.05) is 11.3 Å². The fourth-order valence-corrected chi connectivity index (χ4v) is 3.61. The average molecular weight is 289 g/mol. The molecule has 0 fully saturated rings. The lowest BCUT2D eigenvalue weighted by molar-refractivity contribution is -0.662. The zero-order valence-electron chi connectivity index (χ0n) is 13.2. The summed E-state index contributed by atoms with van der Waals surface area (Å²) in [6.45, 7) is 4.49. The molecular weight excluding hydrogens is 264 g/mol. The van der Waals surface area contributed by atoms with Crippen LogP contribution in [0.1, 0.15) is 30.3 Å². The highest BCUT2D eigenvalue weighted by atomic mass is 32.1. The number of anilines is 1. The Morgan fingerprint density at radius 1 is 1.15 bits per heavy atom. The second-order valence-corrected chi connectivity index (χ2v) is 6.60. The summed E-state index contributed by atoms with van der Waals surface area (Å²) in [7, 11) is 6.33. The second kappa shape index (κ2) is 6.40. The Balaban J connectivity index is 2.32. The minimum Gasteiger partial charge on any atom is -0.378 e. The molecule has 1 aromatic carbocycles. The van der Waals surface area contributed by atoms with Gasteiger partial charge in [-0.15, -0.1) is 0 Å². The van der Waals surface area contributed by atoms with Crippen LogP contribution in [-0.2, 0) is 13.5 Å². The van der Waals surface area contributed by atoms with Gasteiger partial charge in [-0.05, 0) is 37.1 Å². The quantitative estimate of drug-likeness (QED) is 0.756. The summed E-state index contributed by atoms with van der Waals surface area (Å²) in [6, 6.07) is 8.83. The zero-order valence-corrected chi connectivity index (χ0v) is 14.0. The smallest absolute Gasteiger partial charge is 0.269 e. The number of benzene rings is 1. The van der Waals surface area contributed by atoms with E-state index in [9.17, 15) is 0 Å². The summed E-state index contributed by atoms with van der Waals surface area (Å²) in [5, 5.41) is 1.36. The average Bonchev–Trinajstić information content (AvgIpc) is 2.73. The SMILES string of the molecule is CCCCc1sc(-c2ccc(N(C)C)cc2)[n+](C)c1C. The van der Waals surface area contributed by atoms with Crippen molar-refractivity contribution < 1.29 is 4.57 Å². The van der Waals surface area contributed by atoms with E-state index in [2.05, 4.69) is 68.7 Å². The Labute approximate surface area is 126 Å². The number of aromatic nitrogens is 1. The van der Waals surface area contributed by atoms with Crippen LogP contribution in [0.15, 0.2) is 24.3 Å². The van der Waals surface area contributed by atoms with E-state index in [0.29, 0.717) is 0 Å². The van der Waals surface area contributed by atoms with Gasteiger partial charge in [-0.25, -0.2) is 0 Å². The third kappa shape index (κ3) is 3.04. The van der Waals surface area contributed by atoms with Gasteiger partial charge in [0.15, 0.2) is 5.69 Å². The first kappa shape index (κ1) is 15.0. The topological polar surface area (TPSA) is 7.12 Å². The second-order valence-electron chi connectivity index (χ2n) is 5.52. The minimum absolute atomic E-state index is 1.20. The van der Waals surface area contributed by atoms with Gasteiger partial charge in [-0.2, -0.15) is 4.57 Å². The lowest BCUT2D eigenvalue weighted by atomic mass is 10.2. The molecule has 0 amide bonds. The summed E-state index contributed by atoms with van der Waals surface area (Å²) in [5.74, 6) is 0. The van der Waals surface area contributed by atoms with E-state index < -0.39 is 0 Å². The maximum atomic E-state index is 2.33. The molecule has 2 nitrogen and oxygen atoms in total. The molecule has 3 heteroatoms. The lowest BCUT2D eigenvalue weighted by Crippen LogP contribution is -2.31. The van der Waals surface area contributed by atoms with Crippen LogP contribution in [0.25, 0.3) is 10.6 Å². The van der Waals surface area contributed by atoms with Crippen molar-refractivity contribution in [3.8, 4) is 10.6 Å². The molecule has 108 valence electrons. The van der Waals surface area contributed by atoms with Crippen LogP contribution in [0, 0.1) is 6.92 Å². The van der Waals surface area contributed by atoms with Crippen molar-refractivity contribution in [3.63, 3.8) is 0 Å². The normalized spacial score (nSPS) is 10.8. The van der Waals surface area contributed by atoms with Crippen LogP contribution in [0.2, 0.25) is 0 Å². The number of aryl methyl sites for hydroxylation is 1. The predicted molar refractivity (Wildman–Crippen MR) is 88.6 cm³/mol. The summed E-state index contributed by atoms with van der Waals surface area (Å²) < 4.78 is 2.33. The van der Waals surface area contributed by atoms with Gasteiger partial charge in [0.05, 0.1) is 10.4 Å². The molecule has 0 N–H and O–H groups in total. The molecule has 0 aliphatic rings. The molecule has 0 spiro atoms. The fraction of sp³-hybridized carbons (Fsp3) is 0.471.